The third-order valence-electron chi connectivity index (χ3n) is 5.69. The molecule has 2 aromatic rings. The number of aliphatic hydroxyl groups excluding tert-OH is 1. The number of alkyl halides is 1. The number of carbonyl (C=O) groups excluding carboxylic acids is 1. The van der Waals surface area contributed by atoms with E-state index in [0.717, 1.165) is 35.0 Å². The molecule has 0 aliphatic carbocycles. The van der Waals surface area contributed by atoms with Gasteiger partial charge in [0.15, 0.2) is 23.7 Å². The fourth-order valence-electron chi connectivity index (χ4n) is 3.55. The number of carbonyl (C=O) groups is 1. The average molecular weight is 542 g/mol. The highest BCUT2D eigenvalue weighted by atomic mass is 31.1. The van der Waals surface area contributed by atoms with E-state index < -0.39 is 62.2 Å². The third kappa shape index (κ3) is 6.88. The zero-order valence-corrected chi connectivity index (χ0v) is 21.5. The number of hydroxylamine groups is 1. The van der Waals surface area contributed by atoms with Crippen molar-refractivity contribution in [2.45, 2.75) is 63.8 Å². The van der Waals surface area contributed by atoms with Crippen molar-refractivity contribution >= 4 is 14.1 Å². The van der Waals surface area contributed by atoms with Crippen LogP contribution in [0.15, 0.2) is 52.2 Å². The van der Waals surface area contributed by atoms with Crippen molar-refractivity contribution in [3.63, 3.8) is 0 Å². The minimum Gasteiger partial charge on any atom is -0.464 e. The molecule has 1 fully saturated rings. The Bertz CT molecular complexity index is 1190. The minimum absolute atomic E-state index is 0.157. The lowest BCUT2D eigenvalue weighted by atomic mass is 9.98. The highest BCUT2D eigenvalue weighted by molar-refractivity contribution is 7.36. The summed E-state index contributed by atoms with van der Waals surface area (Å²) in [7, 11) is -2.80. The van der Waals surface area contributed by atoms with Crippen LogP contribution in [-0.4, -0.2) is 62.6 Å². The van der Waals surface area contributed by atoms with Crippen molar-refractivity contribution in [1.82, 2.24) is 14.4 Å². The number of H-pyrrole nitrogens is 1. The number of para-hydroxylation sites is 1. The molecule has 12 nitrogen and oxygen atoms in total. The monoisotopic (exact) mass is 542 g/mol. The van der Waals surface area contributed by atoms with E-state index >= 15 is 4.39 Å². The summed E-state index contributed by atoms with van der Waals surface area (Å²) in [6, 6.07) is 7.99. The van der Waals surface area contributed by atoms with E-state index in [1.807, 2.05) is 11.9 Å². The van der Waals surface area contributed by atoms with Gasteiger partial charge in [-0.3, -0.25) is 24.0 Å². The van der Waals surface area contributed by atoms with Gasteiger partial charge in [-0.2, -0.15) is 0 Å². The minimum atomic E-state index is -2.80. The maximum Gasteiger partial charge on any atom is 0.693 e. The Hall–Kier alpha value is -2.96. The summed E-state index contributed by atoms with van der Waals surface area (Å²) in [5.74, 6) is -0.482. The van der Waals surface area contributed by atoms with Gasteiger partial charge < -0.3 is 14.6 Å². The maximum atomic E-state index is 15.5. The van der Waals surface area contributed by atoms with Crippen LogP contribution in [-0.2, 0) is 23.7 Å². The molecular weight excluding hydrogens is 512 g/mol. The van der Waals surface area contributed by atoms with Crippen LogP contribution in [0.2, 0.25) is 0 Å². The van der Waals surface area contributed by atoms with Crippen molar-refractivity contribution < 1.29 is 37.7 Å². The second-order valence-electron chi connectivity index (χ2n) is 8.58. The smallest absolute Gasteiger partial charge is 0.464 e. The maximum absolute atomic E-state index is 15.5. The molecule has 14 heteroatoms. The largest absolute Gasteiger partial charge is 0.693 e. The topological polar surface area (TPSA) is 149 Å². The Morgan fingerprint density at radius 1 is 1.32 bits per heavy atom. The molecule has 6 atom stereocenters. The number of esters is 1. The van der Waals surface area contributed by atoms with Crippen molar-refractivity contribution in [3.05, 3.63) is 63.4 Å². The van der Waals surface area contributed by atoms with E-state index in [9.17, 15) is 24.1 Å². The number of aromatic nitrogens is 2. The summed E-state index contributed by atoms with van der Waals surface area (Å²) in [4.78, 5) is 44.4. The molecule has 2 heterocycles. The number of hydrogen-bond donors (Lipinski definition) is 2. The van der Waals surface area contributed by atoms with Crippen LogP contribution in [0.4, 0.5) is 4.39 Å². The first-order valence-electron chi connectivity index (χ1n) is 11.7. The number of unbranched alkanes of at least 4 members (excludes halogenated alkanes) is 1. The van der Waals surface area contributed by atoms with Gasteiger partial charge in [0.05, 0.1) is 11.4 Å². The molecule has 0 bridgehead atoms. The van der Waals surface area contributed by atoms with Gasteiger partial charge in [-0.25, -0.2) is 13.7 Å². The lowest BCUT2D eigenvalue weighted by Crippen LogP contribution is -2.44. The summed E-state index contributed by atoms with van der Waals surface area (Å²) in [6.45, 7) is 3.95. The van der Waals surface area contributed by atoms with E-state index in [4.69, 9.17) is 18.8 Å². The first kappa shape index (κ1) is 28.6. The molecule has 1 aliphatic heterocycles. The molecule has 37 heavy (non-hydrogen) atoms. The van der Waals surface area contributed by atoms with Crippen molar-refractivity contribution in [1.29, 1.82) is 0 Å². The van der Waals surface area contributed by atoms with Crippen LogP contribution < -0.4 is 15.8 Å². The molecule has 1 aromatic heterocycles. The first-order chi connectivity index (χ1) is 17.6. The zero-order valence-electron chi connectivity index (χ0n) is 20.6. The van der Waals surface area contributed by atoms with E-state index in [1.165, 1.54) is 6.92 Å². The summed E-state index contributed by atoms with van der Waals surface area (Å²) < 4.78 is 45.5. The Labute approximate surface area is 212 Å². The van der Waals surface area contributed by atoms with Gasteiger partial charge in [-0.05, 0) is 32.4 Å². The number of nitrogens with one attached hydrogen (secondary N) is 1. The Morgan fingerprint density at radius 2 is 2.03 bits per heavy atom. The van der Waals surface area contributed by atoms with Crippen molar-refractivity contribution in [2.24, 2.45) is 0 Å². The predicted octanol–water partition coefficient (Wildman–Crippen LogP) is 2.22. The van der Waals surface area contributed by atoms with Gasteiger partial charge in [-0.1, -0.05) is 31.5 Å². The first-order valence-corrected chi connectivity index (χ1v) is 12.8. The molecule has 1 aromatic carbocycles. The second-order valence-corrected chi connectivity index (χ2v) is 9.63. The highest BCUT2D eigenvalue weighted by Gasteiger charge is 2.56. The van der Waals surface area contributed by atoms with Gasteiger partial charge in [-0.15, -0.1) is 0 Å². The number of benzene rings is 1. The fraction of sp³-hybridized carbons (Fsp3) is 0.522. The molecule has 3 rings (SSSR count). The van der Waals surface area contributed by atoms with Gasteiger partial charge >= 0.3 is 19.8 Å². The SMILES string of the molecule is CCCCOC(=O)C(C)N(OC[C@H]1O[C@@H](n2ccc(=O)[nH]c2=O)[C@](C)(F)[C@@H]1O)[P+](=O)Oc1ccccc1. The van der Waals surface area contributed by atoms with Crippen LogP contribution in [0.1, 0.15) is 39.8 Å². The molecule has 2 unspecified atom stereocenters. The number of nitrogens with zero attached hydrogens (tertiary/aromatic N) is 2. The number of ether oxygens (including phenoxy) is 2. The van der Waals surface area contributed by atoms with Gasteiger partial charge in [0.2, 0.25) is 0 Å². The fourth-order valence-corrected chi connectivity index (χ4v) is 4.47. The highest BCUT2D eigenvalue weighted by Crippen LogP contribution is 2.41. The van der Waals surface area contributed by atoms with Gasteiger partial charge in [0, 0.05) is 16.8 Å². The summed E-state index contributed by atoms with van der Waals surface area (Å²) >= 11 is 0. The molecule has 202 valence electrons. The standard InChI is InChI=1S/C23H29FN3O9P/c1-4-5-13-33-20(30)15(2)27(37(32)36-16-9-7-6-8-10-16)34-14-17-19(29)23(3,24)21(35-17)26-12-11-18(28)25-22(26)31/h6-12,15,17,19,21,29H,4-5,13-14H2,1-3H3/p+1/t15?,17-,19-,21-,23-/m1/s1. The van der Waals surface area contributed by atoms with Gasteiger partial charge in [0.25, 0.3) is 5.56 Å². The van der Waals surface area contributed by atoms with Crippen LogP contribution in [0.25, 0.3) is 0 Å². The van der Waals surface area contributed by atoms with Gasteiger partial charge in [0.1, 0.15) is 18.8 Å². The molecule has 0 amide bonds. The van der Waals surface area contributed by atoms with E-state index in [1.54, 1.807) is 30.3 Å². The predicted molar refractivity (Wildman–Crippen MR) is 129 cm³/mol. The van der Waals surface area contributed by atoms with E-state index in [0.29, 0.717) is 6.42 Å². The van der Waals surface area contributed by atoms with E-state index in [2.05, 4.69) is 0 Å². The lowest BCUT2D eigenvalue weighted by molar-refractivity contribution is -0.181. The normalized spacial score (nSPS) is 24.6. The molecule has 0 spiro atoms. The van der Waals surface area contributed by atoms with Crippen LogP contribution in [0, 0.1) is 0 Å². The molecule has 1 aliphatic rings. The molecule has 0 radical (unpaired) electrons. The number of aromatic amines is 1. The molecule has 0 saturated carbocycles. The quantitative estimate of drug-likeness (QED) is 0.177. The Morgan fingerprint density at radius 3 is 2.68 bits per heavy atom. The second kappa shape index (κ2) is 12.5. The number of halogens is 1. The number of hydrogen-bond acceptors (Lipinski definition) is 9. The number of rotatable bonds is 12. The number of aliphatic hydroxyl groups is 1. The average Bonchev–Trinajstić information content (AvgIpc) is 3.08. The van der Waals surface area contributed by atoms with E-state index in [-0.39, 0.29) is 12.4 Å². The van der Waals surface area contributed by atoms with Crippen LogP contribution >= 0.6 is 8.18 Å². The summed E-state index contributed by atoms with van der Waals surface area (Å²) in [6.07, 6.45) is -2.24. The Balaban J connectivity index is 1.77. The Kier molecular flexibility index (Phi) is 9.68. The van der Waals surface area contributed by atoms with Crippen molar-refractivity contribution in [3.8, 4) is 5.75 Å². The van der Waals surface area contributed by atoms with Crippen LogP contribution in [0.3, 0.4) is 0 Å². The third-order valence-corrected chi connectivity index (χ3v) is 6.84. The summed E-state index contributed by atoms with van der Waals surface area (Å²) in [5.41, 5.74) is -4.08. The summed E-state index contributed by atoms with van der Waals surface area (Å²) in [5, 5.41) is 10.6. The van der Waals surface area contributed by atoms with Crippen molar-refractivity contribution in [2.75, 3.05) is 13.2 Å². The zero-order chi connectivity index (χ0) is 27.2. The lowest BCUT2D eigenvalue weighted by Gasteiger charge is -2.24. The molecule has 2 N–H and O–H groups in total. The van der Waals surface area contributed by atoms with Crippen LogP contribution in [0.5, 0.6) is 5.75 Å². The molecular formula is C23H30FN3O9P+. The molecule has 1 saturated heterocycles.